The zero-order valence-electron chi connectivity index (χ0n) is 10.2. The molecule has 3 heterocycles. The van der Waals surface area contributed by atoms with Gasteiger partial charge in [-0.3, -0.25) is 0 Å². The second kappa shape index (κ2) is 5.53. The topological polar surface area (TPSA) is 29.0 Å². The van der Waals surface area contributed by atoms with Crippen molar-refractivity contribution < 1.29 is 0 Å². The van der Waals surface area contributed by atoms with Gasteiger partial charge in [0.1, 0.15) is 17.0 Å². The number of alkyl halides is 1. The highest BCUT2D eigenvalue weighted by atomic mass is 79.9. The van der Waals surface area contributed by atoms with Gasteiger partial charge < -0.3 is 4.90 Å². The molecule has 0 spiro atoms. The molecule has 3 rings (SSSR count). The fourth-order valence-corrected chi connectivity index (χ4v) is 3.78. The number of anilines is 1. The molecule has 0 aliphatic carbocycles. The van der Waals surface area contributed by atoms with Gasteiger partial charge in [0.15, 0.2) is 0 Å². The molecule has 1 unspecified atom stereocenters. The summed E-state index contributed by atoms with van der Waals surface area (Å²) in [4.78, 5) is 12.5. The van der Waals surface area contributed by atoms with Crippen molar-refractivity contribution in [3.8, 4) is 0 Å². The van der Waals surface area contributed by atoms with Crippen LogP contribution in [0.1, 0.15) is 25.7 Å². The first-order chi connectivity index (χ1) is 8.90. The molecule has 0 N–H and O–H groups in total. The molecule has 1 atom stereocenters. The number of aromatic nitrogens is 2. The molecule has 1 aliphatic rings. The maximum atomic E-state index is 4.53. The third-order valence-corrected chi connectivity index (χ3v) is 4.94. The first-order valence-electron chi connectivity index (χ1n) is 6.41. The average Bonchev–Trinajstić information content (AvgIpc) is 3.04. The zero-order valence-corrected chi connectivity index (χ0v) is 12.6. The van der Waals surface area contributed by atoms with E-state index in [1.807, 2.05) is 0 Å². The van der Waals surface area contributed by atoms with Crippen molar-refractivity contribution in [2.75, 3.05) is 16.8 Å². The van der Waals surface area contributed by atoms with Crippen LogP contribution in [0, 0.1) is 0 Å². The number of nitrogens with zero attached hydrogens (tertiary/aromatic N) is 3. The van der Waals surface area contributed by atoms with Gasteiger partial charge in [-0.1, -0.05) is 15.9 Å². The minimum absolute atomic E-state index is 0.653. The lowest BCUT2D eigenvalue weighted by atomic mass is 10.1. The van der Waals surface area contributed by atoms with E-state index in [1.165, 1.54) is 31.1 Å². The first-order valence-corrected chi connectivity index (χ1v) is 8.41. The van der Waals surface area contributed by atoms with E-state index in [0.29, 0.717) is 6.04 Å². The van der Waals surface area contributed by atoms with E-state index < -0.39 is 0 Å². The lowest BCUT2D eigenvalue weighted by Gasteiger charge is -2.26. The Kier molecular flexibility index (Phi) is 3.80. The van der Waals surface area contributed by atoms with E-state index in [2.05, 4.69) is 42.2 Å². The van der Waals surface area contributed by atoms with Crippen molar-refractivity contribution in [1.82, 2.24) is 9.97 Å². The van der Waals surface area contributed by atoms with Gasteiger partial charge >= 0.3 is 0 Å². The maximum absolute atomic E-state index is 4.53. The minimum atomic E-state index is 0.653. The highest BCUT2D eigenvalue weighted by molar-refractivity contribution is 9.09. The van der Waals surface area contributed by atoms with Gasteiger partial charge in [0.2, 0.25) is 0 Å². The zero-order chi connectivity index (χ0) is 12.4. The second-order valence-corrected chi connectivity index (χ2v) is 6.34. The van der Waals surface area contributed by atoms with Crippen molar-refractivity contribution in [3.63, 3.8) is 0 Å². The van der Waals surface area contributed by atoms with E-state index in [-0.39, 0.29) is 0 Å². The van der Waals surface area contributed by atoms with Crippen molar-refractivity contribution in [3.05, 3.63) is 17.8 Å². The molecule has 0 radical (unpaired) electrons. The van der Waals surface area contributed by atoms with Crippen LogP contribution >= 0.6 is 27.3 Å². The van der Waals surface area contributed by atoms with Crippen LogP contribution in [0.2, 0.25) is 0 Å². The van der Waals surface area contributed by atoms with Crippen LogP contribution in [0.4, 0.5) is 5.82 Å². The minimum Gasteiger partial charge on any atom is -0.353 e. The summed E-state index contributed by atoms with van der Waals surface area (Å²) in [5.74, 6) is 1.14. The van der Waals surface area contributed by atoms with Crippen LogP contribution in [0.5, 0.6) is 0 Å². The van der Waals surface area contributed by atoms with E-state index in [4.69, 9.17) is 0 Å². The molecule has 5 heteroatoms. The summed E-state index contributed by atoms with van der Waals surface area (Å²) in [6.45, 7) is 1.13. The number of hydrogen-bond donors (Lipinski definition) is 0. The van der Waals surface area contributed by atoms with Crippen LogP contribution in [0.3, 0.4) is 0 Å². The van der Waals surface area contributed by atoms with Crippen LogP contribution in [0.15, 0.2) is 17.8 Å². The van der Waals surface area contributed by atoms with Crippen LogP contribution < -0.4 is 4.90 Å². The van der Waals surface area contributed by atoms with E-state index in [9.17, 15) is 0 Å². The second-order valence-electron chi connectivity index (χ2n) is 4.66. The highest BCUT2D eigenvalue weighted by Crippen LogP contribution is 2.32. The highest BCUT2D eigenvalue weighted by Gasteiger charge is 2.26. The summed E-state index contributed by atoms with van der Waals surface area (Å²) in [5.41, 5.74) is 0. The number of halogens is 1. The standard InChI is InChI=1S/C13H16BrN3S/c14-6-1-3-10-4-2-7-17(10)12-11-5-8-18-13(11)16-9-15-12/h5,8-10H,1-4,6-7H2. The van der Waals surface area contributed by atoms with Gasteiger partial charge in [0, 0.05) is 17.9 Å². The van der Waals surface area contributed by atoms with E-state index in [1.54, 1.807) is 17.7 Å². The largest absolute Gasteiger partial charge is 0.353 e. The number of thiophene rings is 1. The molecular weight excluding hydrogens is 310 g/mol. The van der Waals surface area contributed by atoms with Gasteiger partial charge in [-0.05, 0) is 37.1 Å². The monoisotopic (exact) mass is 325 g/mol. The molecule has 1 aliphatic heterocycles. The molecule has 18 heavy (non-hydrogen) atoms. The molecule has 2 aromatic heterocycles. The van der Waals surface area contributed by atoms with Crippen LogP contribution in [-0.2, 0) is 0 Å². The fraction of sp³-hybridized carbons (Fsp3) is 0.538. The molecule has 96 valence electrons. The Morgan fingerprint density at radius 2 is 2.39 bits per heavy atom. The number of hydrogen-bond acceptors (Lipinski definition) is 4. The smallest absolute Gasteiger partial charge is 0.141 e. The number of fused-ring (bicyclic) bond motifs is 1. The Hall–Kier alpha value is -0.680. The van der Waals surface area contributed by atoms with Crippen molar-refractivity contribution in [2.45, 2.75) is 31.7 Å². The van der Waals surface area contributed by atoms with Crippen molar-refractivity contribution in [2.24, 2.45) is 0 Å². The summed E-state index contributed by atoms with van der Waals surface area (Å²) in [6, 6.07) is 2.80. The first kappa shape index (κ1) is 12.4. The summed E-state index contributed by atoms with van der Waals surface area (Å²) in [6.07, 6.45) is 6.76. The summed E-state index contributed by atoms with van der Waals surface area (Å²) < 4.78 is 0. The van der Waals surface area contributed by atoms with Crippen molar-refractivity contribution in [1.29, 1.82) is 0 Å². The molecule has 0 saturated carbocycles. The Bertz CT molecular complexity index is 528. The van der Waals surface area contributed by atoms with Gasteiger partial charge in [0.25, 0.3) is 0 Å². The predicted molar refractivity (Wildman–Crippen MR) is 80.8 cm³/mol. The van der Waals surface area contributed by atoms with Gasteiger partial charge in [0.05, 0.1) is 5.39 Å². The molecule has 3 nitrogen and oxygen atoms in total. The Labute approximate surface area is 119 Å². The quantitative estimate of drug-likeness (QED) is 0.800. The Morgan fingerprint density at radius 3 is 3.28 bits per heavy atom. The lowest BCUT2D eigenvalue weighted by molar-refractivity contribution is 0.601. The predicted octanol–water partition coefficient (Wildman–Crippen LogP) is 3.84. The maximum Gasteiger partial charge on any atom is 0.141 e. The summed E-state index contributed by atoms with van der Waals surface area (Å²) in [7, 11) is 0. The molecule has 1 fully saturated rings. The molecule has 0 bridgehead atoms. The molecule has 2 aromatic rings. The number of rotatable bonds is 4. The van der Waals surface area contributed by atoms with Gasteiger partial charge in [-0.15, -0.1) is 11.3 Å². The van der Waals surface area contributed by atoms with Crippen LogP contribution in [-0.4, -0.2) is 27.9 Å². The molecule has 0 amide bonds. The third kappa shape index (κ3) is 2.26. The third-order valence-electron chi connectivity index (χ3n) is 3.56. The fourth-order valence-electron chi connectivity index (χ4n) is 2.73. The molecule has 1 saturated heterocycles. The normalized spacial score (nSPS) is 19.8. The van der Waals surface area contributed by atoms with Gasteiger partial charge in [-0.25, -0.2) is 9.97 Å². The SMILES string of the molecule is BrCCCC1CCCN1c1ncnc2sccc12. The van der Waals surface area contributed by atoms with Crippen molar-refractivity contribution >= 4 is 43.3 Å². The Balaban J connectivity index is 1.90. The summed E-state index contributed by atoms with van der Waals surface area (Å²) >= 11 is 5.22. The molecule has 0 aromatic carbocycles. The Morgan fingerprint density at radius 1 is 1.44 bits per heavy atom. The molecular formula is C13H16BrN3S. The van der Waals surface area contributed by atoms with E-state index >= 15 is 0 Å². The summed E-state index contributed by atoms with van der Waals surface area (Å²) in [5, 5.41) is 4.41. The lowest BCUT2D eigenvalue weighted by Crippen LogP contribution is -2.30. The van der Waals surface area contributed by atoms with Gasteiger partial charge in [-0.2, -0.15) is 0 Å². The average molecular weight is 326 g/mol. The van der Waals surface area contributed by atoms with E-state index in [0.717, 1.165) is 22.5 Å². The van der Waals surface area contributed by atoms with Crippen LogP contribution in [0.25, 0.3) is 10.2 Å².